The Morgan fingerprint density at radius 3 is 3.05 bits per heavy atom. The average molecular weight is 261 g/mol. The van der Waals surface area contributed by atoms with Gasteiger partial charge in [0.05, 0.1) is 0 Å². The molecule has 1 aliphatic heterocycles. The Hall–Kier alpha value is -1.32. The molecule has 0 saturated carbocycles. The van der Waals surface area contributed by atoms with Gasteiger partial charge in [-0.2, -0.15) is 0 Å². The van der Waals surface area contributed by atoms with Crippen molar-refractivity contribution in [2.45, 2.75) is 19.4 Å². The van der Waals surface area contributed by atoms with Crippen molar-refractivity contribution in [3.63, 3.8) is 0 Å². The molecule has 0 amide bonds. The Morgan fingerprint density at radius 1 is 1.42 bits per heavy atom. The predicted octanol–water partition coefficient (Wildman–Crippen LogP) is 2.46. The van der Waals surface area contributed by atoms with Gasteiger partial charge in [-0.05, 0) is 31.4 Å². The molecule has 0 spiro atoms. The molecule has 0 unspecified atom stereocenters. The van der Waals surface area contributed by atoms with Crippen LogP contribution in [0.25, 0.3) is 0 Å². The van der Waals surface area contributed by atoms with Crippen molar-refractivity contribution < 1.29 is 9.84 Å². The molecular weight excluding hydrogens is 238 g/mol. The Kier molecular flexibility index (Phi) is 5.43. The Bertz CT molecular complexity index is 405. The minimum atomic E-state index is 0.297. The summed E-state index contributed by atoms with van der Waals surface area (Å²) in [6.45, 7) is 7.49. The number of ether oxygens (including phenoxy) is 1. The van der Waals surface area contributed by atoms with Crippen molar-refractivity contribution in [1.29, 1.82) is 0 Å². The smallest absolute Gasteiger partial charge is 0.124 e. The van der Waals surface area contributed by atoms with E-state index in [0.29, 0.717) is 19.1 Å². The maximum absolute atomic E-state index is 9.28. The fourth-order valence-corrected chi connectivity index (χ4v) is 2.61. The van der Waals surface area contributed by atoms with E-state index in [1.165, 1.54) is 12.0 Å². The number of rotatable bonds is 6. The summed E-state index contributed by atoms with van der Waals surface area (Å²) in [7, 11) is 0. The molecular formula is C16H23NO2. The van der Waals surface area contributed by atoms with Gasteiger partial charge in [0.1, 0.15) is 12.4 Å². The lowest BCUT2D eigenvalue weighted by molar-refractivity contribution is 0.115. The molecule has 1 aromatic carbocycles. The molecule has 1 aliphatic rings. The topological polar surface area (TPSA) is 32.7 Å². The van der Waals surface area contributed by atoms with E-state index in [0.717, 1.165) is 31.8 Å². The first-order chi connectivity index (χ1) is 9.33. The molecule has 1 N–H and O–H groups in total. The van der Waals surface area contributed by atoms with Crippen LogP contribution in [0.5, 0.6) is 5.75 Å². The van der Waals surface area contributed by atoms with Gasteiger partial charge in [-0.1, -0.05) is 30.9 Å². The van der Waals surface area contributed by atoms with Gasteiger partial charge in [0.2, 0.25) is 0 Å². The van der Waals surface area contributed by atoms with E-state index >= 15 is 0 Å². The third-order valence-corrected chi connectivity index (χ3v) is 3.58. The van der Waals surface area contributed by atoms with E-state index in [9.17, 15) is 5.11 Å². The van der Waals surface area contributed by atoms with Gasteiger partial charge < -0.3 is 9.84 Å². The molecule has 2 rings (SSSR count). The van der Waals surface area contributed by atoms with Crippen LogP contribution in [0.2, 0.25) is 0 Å². The summed E-state index contributed by atoms with van der Waals surface area (Å²) >= 11 is 0. The molecule has 0 radical (unpaired) electrons. The first kappa shape index (κ1) is 14.1. The number of hydrogen-bond donors (Lipinski definition) is 1. The minimum Gasteiger partial charge on any atom is -0.489 e. The third-order valence-electron chi connectivity index (χ3n) is 3.58. The first-order valence-corrected chi connectivity index (χ1v) is 6.98. The summed E-state index contributed by atoms with van der Waals surface area (Å²) in [5, 5.41) is 9.28. The summed E-state index contributed by atoms with van der Waals surface area (Å²) in [5.74, 6) is 1.36. The monoisotopic (exact) mass is 261 g/mol. The van der Waals surface area contributed by atoms with Crippen LogP contribution < -0.4 is 4.74 Å². The van der Waals surface area contributed by atoms with Crippen molar-refractivity contribution in [1.82, 2.24) is 4.90 Å². The van der Waals surface area contributed by atoms with E-state index in [1.54, 1.807) is 6.08 Å². The number of nitrogens with zero attached hydrogens (tertiary/aromatic N) is 1. The number of hydrogen-bond acceptors (Lipinski definition) is 3. The van der Waals surface area contributed by atoms with Crippen LogP contribution in [0.1, 0.15) is 18.4 Å². The van der Waals surface area contributed by atoms with E-state index in [4.69, 9.17) is 4.74 Å². The van der Waals surface area contributed by atoms with Crippen LogP contribution in [-0.4, -0.2) is 36.3 Å². The lowest BCUT2D eigenvalue weighted by atomic mass is 9.98. The van der Waals surface area contributed by atoms with Crippen LogP contribution in [0.3, 0.4) is 0 Å². The molecule has 3 nitrogen and oxygen atoms in total. The molecule has 3 heteroatoms. The number of aliphatic hydroxyl groups excluding tert-OH is 1. The second kappa shape index (κ2) is 7.31. The van der Waals surface area contributed by atoms with Gasteiger partial charge in [0, 0.05) is 25.3 Å². The zero-order valence-electron chi connectivity index (χ0n) is 11.4. The molecule has 1 saturated heterocycles. The second-order valence-corrected chi connectivity index (χ2v) is 5.13. The fourth-order valence-electron chi connectivity index (χ4n) is 2.61. The molecule has 0 aromatic heterocycles. The van der Waals surface area contributed by atoms with Crippen LogP contribution in [-0.2, 0) is 6.54 Å². The van der Waals surface area contributed by atoms with Crippen molar-refractivity contribution >= 4 is 0 Å². The average Bonchev–Trinajstić information content (AvgIpc) is 2.46. The minimum absolute atomic E-state index is 0.297. The highest BCUT2D eigenvalue weighted by molar-refractivity contribution is 5.33. The summed E-state index contributed by atoms with van der Waals surface area (Å²) < 4.78 is 5.69. The molecule has 1 atom stereocenters. The van der Waals surface area contributed by atoms with Crippen LogP contribution in [0.4, 0.5) is 0 Å². The Morgan fingerprint density at radius 2 is 2.26 bits per heavy atom. The molecule has 1 fully saturated rings. The number of likely N-dealkylation sites (tertiary alicyclic amines) is 1. The van der Waals surface area contributed by atoms with Crippen molar-refractivity contribution in [3.05, 3.63) is 42.5 Å². The molecule has 0 aliphatic carbocycles. The van der Waals surface area contributed by atoms with Crippen molar-refractivity contribution in [2.24, 2.45) is 5.92 Å². The summed E-state index contributed by atoms with van der Waals surface area (Å²) in [5.41, 5.74) is 1.21. The molecule has 104 valence electrons. The van der Waals surface area contributed by atoms with E-state index in [2.05, 4.69) is 17.5 Å². The molecule has 0 bridgehead atoms. The molecule has 1 aromatic rings. The number of aliphatic hydroxyl groups is 1. The van der Waals surface area contributed by atoms with Gasteiger partial charge in [0.25, 0.3) is 0 Å². The standard InChI is InChI=1S/C16H23NO2/c1-2-10-19-16-8-4-3-7-15(16)12-17-9-5-6-14(11-17)13-18/h2-4,7-8,14,18H,1,5-6,9-13H2/t14-/m0/s1. The van der Waals surface area contributed by atoms with E-state index in [1.807, 2.05) is 18.2 Å². The van der Waals surface area contributed by atoms with Crippen molar-refractivity contribution in [3.8, 4) is 5.75 Å². The first-order valence-electron chi connectivity index (χ1n) is 6.98. The lowest BCUT2D eigenvalue weighted by Crippen LogP contribution is -2.36. The van der Waals surface area contributed by atoms with Gasteiger partial charge in [0.15, 0.2) is 0 Å². The van der Waals surface area contributed by atoms with Gasteiger partial charge in [-0.15, -0.1) is 0 Å². The highest BCUT2D eigenvalue weighted by Crippen LogP contribution is 2.23. The number of benzene rings is 1. The van der Waals surface area contributed by atoms with Crippen LogP contribution in [0.15, 0.2) is 36.9 Å². The third kappa shape index (κ3) is 4.08. The zero-order valence-corrected chi connectivity index (χ0v) is 11.4. The predicted molar refractivity (Wildman–Crippen MR) is 77.2 cm³/mol. The van der Waals surface area contributed by atoms with Gasteiger partial charge in [-0.25, -0.2) is 0 Å². The second-order valence-electron chi connectivity index (χ2n) is 5.13. The Balaban J connectivity index is 1.99. The van der Waals surface area contributed by atoms with Gasteiger partial charge >= 0.3 is 0 Å². The molecule has 1 heterocycles. The van der Waals surface area contributed by atoms with E-state index < -0.39 is 0 Å². The van der Waals surface area contributed by atoms with Crippen LogP contribution in [0, 0.1) is 5.92 Å². The maximum Gasteiger partial charge on any atom is 0.124 e. The summed E-state index contributed by atoms with van der Waals surface area (Å²) in [6.07, 6.45) is 4.07. The number of para-hydroxylation sites is 1. The lowest BCUT2D eigenvalue weighted by Gasteiger charge is -2.32. The van der Waals surface area contributed by atoms with Crippen molar-refractivity contribution in [2.75, 3.05) is 26.3 Å². The Labute approximate surface area is 115 Å². The quantitative estimate of drug-likeness (QED) is 0.798. The fraction of sp³-hybridized carbons (Fsp3) is 0.500. The SMILES string of the molecule is C=CCOc1ccccc1CN1CCC[C@H](CO)C1. The van der Waals surface area contributed by atoms with E-state index in [-0.39, 0.29) is 0 Å². The van der Waals surface area contributed by atoms with Crippen LogP contribution >= 0.6 is 0 Å². The highest BCUT2D eigenvalue weighted by Gasteiger charge is 2.19. The zero-order chi connectivity index (χ0) is 13.5. The normalized spacial score (nSPS) is 20.2. The number of piperidine rings is 1. The largest absolute Gasteiger partial charge is 0.489 e. The van der Waals surface area contributed by atoms with Gasteiger partial charge in [-0.3, -0.25) is 4.90 Å². The highest BCUT2D eigenvalue weighted by atomic mass is 16.5. The molecule has 19 heavy (non-hydrogen) atoms. The summed E-state index contributed by atoms with van der Waals surface area (Å²) in [6, 6.07) is 8.16. The maximum atomic E-state index is 9.28. The summed E-state index contributed by atoms with van der Waals surface area (Å²) in [4.78, 5) is 2.40.